The van der Waals surface area contributed by atoms with E-state index in [2.05, 4.69) is 26.6 Å². The van der Waals surface area contributed by atoms with Crippen LogP contribution in [-0.2, 0) is 4.79 Å². The molecule has 21 heavy (non-hydrogen) atoms. The molecule has 1 aliphatic carbocycles. The van der Waals surface area contributed by atoms with Gasteiger partial charge >= 0.3 is 0 Å². The fourth-order valence-corrected chi connectivity index (χ4v) is 4.29. The number of hydrogen-bond acceptors (Lipinski definition) is 2. The normalized spacial score (nSPS) is 28.8. The lowest BCUT2D eigenvalue weighted by molar-refractivity contribution is -0.119. The summed E-state index contributed by atoms with van der Waals surface area (Å²) in [7, 11) is 0. The maximum Gasteiger partial charge on any atom is 0.241 e. The average molecular weight is 372 g/mol. The summed E-state index contributed by atoms with van der Waals surface area (Å²) >= 11 is 9.36. The molecule has 1 aromatic carbocycles. The van der Waals surface area contributed by atoms with Gasteiger partial charge in [0.25, 0.3) is 0 Å². The van der Waals surface area contributed by atoms with Crippen LogP contribution in [0.15, 0.2) is 22.7 Å². The number of fused-ring (bicyclic) bond motifs is 1. The van der Waals surface area contributed by atoms with E-state index in [0.29, 0.717) is 11.1 Å². The molecule has 1 heterocycles. The Kier molecular flexibility index (Phi) is 4.87. The minimum atomic E-state index is -0.0769. The van der Waals surface area contributed by atoms with Gasteiger partial charge in [0.2, 0.25) is 5.91 Å². The largest absolute Gasteiger partial charge is 0.324 e. The van der Waals surface area contributed by atoms with Gasteiger partial charge in [0.15, 0.2) is 0 Å². The molecule has 0 aromatic heterocycles. The Morgan fingerprint density at radius 1 is 1.24 bits per heavy atom. The second kappa shape index (κ2) is 6.67. The Morgan fingerprint density at radius 3 is 2.86 bits per heavy atom. The van der Waals surface area contributed by atoms with Crippen LogP contribution in [0.5, 0.6) is 0 Å². The maximum absolute atomic E-state index is 12.5. The summed E-state index contributed by atoms with van der Waals surface area (Å²) in [5, 5.41) is 7.20. The summed E-state index contributed by atoms with van der Waals surface area (Å²) in [6.45, 7) is 0. The number of carbonyl (C=O) groups excluding carboxylic acids is 1. The van der Waals surface area contributed by atoms with Crippen molar-refractivity contribution in [3.8, 4) is 0 Å². The van der Waals surface area contributed by atoms with Crippen molar-refractivity contribution < 1.29 is 4.79 Å². The van der Waals surface area contributed by atoms with E-state index in [4.69, 9.17) is 11.6 Å². The number of hydrogen-bond donors (Lipinski definition) is 2. The molecule has 3 atom stereocenters. The van der Waals surface area contributed by atoms with E-state index >= 15 is 0 Å². The minimum Gasteiger partial charge on any atom is -0.324 e. The number of benzene rings is 1. The second-order valence-corrected chi connectivity index (χ2v) is 7.35. The topological polar surface area (TPSA) is 41.1 Å². The van der Waals surface area contributed by atoms with Crippen molar-refractivity contribution >= 4 is 39.1 Å². The first kappa shape index (κ1) is 15.3. The molecule has 1 amide bonds. The molecule has 2 N–H and O–H groups in total. The summed E-state index contributed by atoms with van der Waals surface area (Å²) in [4.78, 5) is 12.5. The number of anilines is 1. The van der Waals surface area contributed by atoms with Gasteiger partial charge in [-0.3, -0.25) is 4.79 Å². The van der Waals surface area contributed by atoms with Crippen molar-refractivity contribution in [1.29, 1.82) is 0 Å². The third kappa shape index (κ3) is 3.61. The van der Waals surface area contributed by atoms with E-state index in [1.807, 2.05) is 6.07 Å². The van der Waals surface area contributed by atoms with Crippen molar-refractivity contribution in [2.24, 2.45) is 5.92 Å². The minimum absolute atomic E-state index is 0.0574. The van der Waals surface area contributed by atoms with Gasteiger partial charge in [0.05, 0.1) is 11.7 Å². The van der Waals surface area contributed by atoms with Gasteiger partial charge in [-0.2, -0.15) is 0 Å². The summed E-state index contributed by atoms with van der Waals surface area (Å²) in [5.74, 6) is 0.826. The summed E-state index contributed by atoms with van der Waals surface area (Å²) < 4.78 is 0.815. The number of carbonyl (C=O) groups is 1. The van der Waals surface area contributed by atoms with E-state index < -0.39 is 0 Å². The SMILES string of the molecule is O=C(Nc1ccc(Cl)cc1Br)C1CCC2CCCCC2N1. The maximum atomic E-state index is 12.5. The van der Waals surface area contributed by atoms with E-state index in [0.717, 1.165) is 28.9 Å². The van der Waals surface area contributed by atoms with Crippen LogP contribution in [0.25, 0.3) is 0 Å². The van der Waals surface area contributed by atoms with Crippen molar-refractivity contribution in [1.82, 2.24) is 5.32 Å². The standard InChI is InChI=1S/C16H20BrClN2O/c17-12-9-11(18)6-8-14(12)20-16(21)15-7-5-10-3-1-2-4-13(10)19-15/h6,8-10,13,15,19H,1-5,7H2,(H,20,21). The molecule has 1 aliphatic heterocycles. The van der Waals surface area contributed by atoms with Gasteiger partial charge in [-0.1, -0.05) is 24.4 Å². The van der Waals surface area contributed by atoms with Gasteiger partial charge in [0, 0.05) is 15.5 Å². The highest BCUT2D eigenvalue weighted by Crippen LogP contribution is 2.33. The zero-order valence-electron chi connectivity index (χ0n) is 11.9. The number of halogens is 2. The molecule has 1 aromatic rings. The Balaban J connectivity index is 1.63. The molecule has 3 nitrogen and oxygen atoms in total. The molecule has 2 fully saturated rings. The van der Waals surface area contributed by atoms with E-state index in [1.165, 1.54) is 25.7 Å². The first-order valence-corrected chi connectivity index (χ1v) is 8.82. The zero-order valence-corrected chi connectivity index (χ0v) is 14.2. The van der Waals surface area contributed by atoms with Crippen LogP contribution >= 0.6 is 27.5 Å². The third-order valence-corrected chi connectivity index (χ3v) is 5.55. The van der Waals surface area contributed by atoms with E-state index in [1.54, 1.807) is 12.1 Å². The molecular formula is C16H20BrClN2O. The average Bonchev–Trinajstić information content (AvgIpc) is 2.49. The van der Waals surface area contributed by atoms with Crippen molar-refractivity contribution in [2.45, 2.75) is 50.6 Å². The monoisotopic (exact) mass is 370 g/mol. The molecule has 0 bridgehead atoms. The molecule has 0 radical (unpaired) electrons. The number of nitrogens with one attached hydrogen (secondary N) is 2. The molecule has 5 heteroatoms. The first-order chi connectivity index (χ1) is 10.1. The summed E-state index contributed by atoms with van der Waals surface area (Å²) in [6, 6.07) is 5.86. The Labute approximate surface area is 139 Å². The van der Waals surface area contributed by atoms with E-state index in [9.17, 15) is 4.79 Å². The van der Waals surface area contributed by atoms with Gasteiger partial charge in [0.1, 0.15) is 0 Å². The Bertz CT molecular complexity index is 537. The predicted octanol–water partition coefficient (Wildman–Crippen LogP) is 4.35. The highest BCUT2D eigenvalue weighted by Gasteiger charge is 2.34. The van der Waals surface area contributed by atoms with Gasteiger partial charge in [-0.15, -0.1) is 0 Å². The number of piperidine rings is 1. The van der Waals surface area contributed by atoms with Crippen LogP contribution in [0.1, 0.15) is 38.5 Å². The number of rotatable bonds is 2. The molecule has 0 spiro atoms. The molecular weight excluding hydrogens is 352 g/mol. The lowest BCUT2D eigenvalue weighted by Crippen LogP contribution is -2.53. The van der Waals surface area contributed by atoms with Gasteiger partial charge < -0.3 is 10.6 Å². The smallest absolute Gasteiger partial charge is 0.241 e. The molecule has 1 saturated carbocycles. The third-order valence-electron chi connectivity index (χ3n) is 4.66. The van der Waals surface area contributed by atoms with Crippen LogP contribution in [0.3, 0.4) is 0 Å². The molecule has 2 aliphatic rings. The summed E-state index contributed by atoms with van der Waals surface area (Å²) in [6.07, 6.45) is 7.24. The van der Waals surface area contributed by atoms with Gasteiger partial charge in [-0.25, -0.2) is 0 Å². The van der Waals surface area contributed by atoms with Crippen LogP contribution in [0.4, 0.5) is 5.69 Å². The molecule has 3 unspecified atom stereocenters. The molecule has 3 rings (SSSR count). The first-order valence-electron chi connectivity index (χ1n) is 7.65. The van der Waals surface area contributed by atoms with Crippen LogP contribution in [0, 0.1) is 5.92 Å². The van der Waals surface area contributed by atoms with Crippen molar-refractivity contribution in [3.63, 3.8) is 0 Å². The number of amides is 1. The predicted molar refractivity (Wildman–Crippen MR) is 89.7 cm³/mol. The summed E-state index contributed by atoms with van der Waals surface area (Å²) in [5.41, 5.74) is 0.775. The van der Waals surface area contributed by atoms with Crippen LogP contribution in [0.2, 0.25) is 5.02 Å². The molecule has 114 valence electrons. The fraction of sp³-hybridized carbons (Fsp3) is 0.562. The fourth-order valence-electron chi connectivity index (χ4n) is 3.51. The lowest BCUT2D eigenvalue weighted by atomic mass is 9.77. The second-order valence-electron chi connectivity index (χ2n) is 6.06. The van der Waals surface area contributed by atoms with Gasteiger partial charge in [-0.05, 0) is 65.7 Å². The zero-order chi connectivity index (χ0) is 14.8. The van der Waals surface area contributed by atoms with Crippen LogP contribution in [-0.4, -0.2) is 18.0 Å². The quantitative estimate of drug-likeness (QED) is 0.811. The van der Waals surface area contributed by atoms with E-state index in [-0.39, 0.29) is 11.9 Å². The highest BCUT2D eigenvalue weighted by molar-refractivity contribution is 9.10. The lowest BCUT2D eigenvalue weighted by Gasteiger charge is -2.39. The van der Waals surface area contributed by atoms with Crippen LogP contribution < -0.4 is 10.6 Å². The Hall–Kier alpha value is -0.580. The van der Waals surface area contributed by atoms with Crippen molar-refractivity contribution in [3.05, 3.63) is 27.7 Å². The highest BCUT2D eigenvalue weighted by atomic mass is 79.9. The molecule has 1 saturated heterocycles. The van der Waals surface area contributed by atoms with Crippen molar-refractivity contribution in [2.75, 3.05) is 5.32 Å². The Morgan fingerprint density at radius 2 is 2.05 bits per heavy atom.